The highest BCUT2D eigenvalue weighted by atomic mass is 32.2. The highest BCUT2D eigenvalue weighted by Crippen LogP contribution is 2.28. The van der Waals surface area contributed by atoms with Gasteiger partial charge in [-0.05, 0) is 56.0 Å². The number of nitrogens with one attached hydrogen (secondary N) is 2. The molecule has 2 amide bonds. The maximum atomic E-state index is 13.2. The predicted octanol–water partition coefficient (Wildman–Crippen LogP) is 2.64. The first kappa shape index (κ1) is 24.2. The van der Waals surface area contributed by atoms with Crippen molar-refractivity contribution in [1.29, 1.82) is 0 Å². The van der Waals surface area contributed by atoms with Gasteiger partial charge in [0, 0.05) is 26.2 Å². The first-order chi connectivity index (χ1) is 16.4. The molecule has 0 aromatic heterocycles. The number of ether oxygens (including phenoxy) is 2. The summed E-state index contributed by atoms with van der Waals surface area (Å²) in [5, 5.41) is 5.59. The van der Waals surface area contributed by atoms with Crippen LogP contribution in [-0.2, 0) is 14.8 Å². The Hall–Kier alpha value is -2.95. The van der Waals surface area contributed by atoms with E-state index in [0.29, 0.717) is 37.5 Å². The van der Waals surface area contributed by atoms with Crippen LogP contribution in [0.5, 0.6) is 5.75 Å². The van der Waals surface area contributed by atoms with Gasteiger partial charge in [-0.1, -0.05) is 12.1 Å². The molecule has 2 aromatic rings. The Bertz CT molecular complexity index is 1160. The van der Waals surface area contributed by atoms with Crippen molar-refractivity contribution in [3.8, 4) is 5.75 Å². The highest BCUT2D eigenvalue weighted by molar-refractivity contribution is 7.89. The molecule has 9 nitrogen and oxygen atoms in total. The van der Waals surface area contributed by atoms with Crippen LogP contribution in [0, 0.1) is 0 Å². The van der Waals surface area contributed by atoms with E-state index in [2.05, 4.69) is 10.6 Å². The second kappa shape index (κ2) is 10.5. The first-order valence-corrected chi connectivity index (χ1v) is 12.8. The van der Waals surface area contributed by atoms with E-state index in [4.69, 9.17) is 9.47 Å². The maximum Gasteiger partial charge on any atom is 0.259 e. The van der Waals surface area contributed by atoms with Crippen molar-refractivity contribution >= 4 is 27.5 Å². The minimum absolute atomic E-state index is 0.00439. The molecule has 1 atom stereocenters. The smallest absolute Gasteiger partial charge is 0.259 e. The zero-order chi connectivity index (χ0) is 24.1. The average molecular weight is 488 g/mol. The van der Waals surface area contributed by atoms with Crippen molar-refractivity contribution < 1.29 is 27.5 Å². The number of nitrogens with zero attached hydrogens (tertiary/aromatic N) is 1. The number of amides is 2. The third-order valence-corrected chi connectivity index (χ3v) is 7.95. The van der Waals surface area contributed by atoms with Gasteiger partial charge in [0.05, 0.1) is 34.9 Å². The number of para-hydroxylation sites is 1. The third-order valence-electron chi connectivity index (χ3n) is 6.05. The number of carbonyl (C=O) groups is 2. The van der Waals surface area contributed by atoms with E-state index >= 15 is 0 Å². The summed E-state index contributed by atoms with van der Waals surface area (Å²) >= 11 is 0. The molecule has 0 unspecified atom stereocenters. The summed E-state index contributed by atoms with van der Waals surface area (Å²) in [5.74, 6) is -0.670. The molecular weight excluding hydrogens is 458 g/mol. The average Bonchev–Trinajstić information content (AvgIpc) is 3.57. The summed E-state index contributed by atoms with van der Waals surface area (Å²) in [6.45, 7) is 2.02. The molecule has 182 valence electrons. The van der Waals surface area contributed by atoms with Crippen LogP contribution in [0.15, 0.2) is 47.4 Å². The molecule has 0 saturated carbocycles. The fourth-order valence-electron chi connectivity index (χ4n) is 4.19. The van der Waals surface area contributed by atoms with E-state index in [-0.39, 0.29) is 28.2 Å². The van der Waals surface area contributed by atoms with Crippen LogP contribution in [0.25, 0.3) is 0 Å². The van der Waals surface area contributed by atoms with E-state index in [1.807, 2.05) is 0 Å². The molecule has 2 N–H and O–H groups in total. The first-order valence-electron chi connectivity index (χ1n) is 11.4. The van der Waals surface area contributed by atoms with Crippen LogP contribution in [0.1, 0.15) is 46.4 Å². The molecule has 2 fully saturated rings. The largest absolute Gasteiger partial charge is 0.496 e. The number of sulfonamides is 1. The minimum atomic E-state index is -3.71. The molecule has 0 aliphatic carbocycles. The molecule has 2 heterocycles. The van der Waals surface area contributed by atoms with Gasteiger partial charge in [-0.2, -0.15) is 4.31 Å². The SMILES string of the molecule is COc1ccc(S(=O)(=O)N2CCCC2)cc1C(=O)Nc1ccccc1C(=O)NC[C@@H]1CCCO1. The van der Waals surface area contributed by atoms with E-state index in [1.165, 1.54) is 29.6 Å². The molecule has 2 aliphatic rings. The van der Waals surface area contributed by atoms with Crippen LogP contribution in [0.4, 0.5) is 5.69 Å². The number of benzene rings is 2. The zero-order valence-electron chi connectivity index (χ0n) is 19.1. The number of carbonyl (C=O) groups excluding carboxylic acids is 2. The highest BCUT2D eigenvalue weighted by Gasteiger charge is 2.29. The van der Waals surface area contributed by atoms with Crippen molar-refractivity contribution in [2.24, 2.45) is 0 Å². The van der Waals surface area contributed by atoms with Crippen LogP contribution in [0.2, 0.25) is 0 Å². The lowest BCUT2D eigenvalue weighted by Crippen LogP contribution is -2.32. The van der Waals surface area contributed by atoms with Crippen molar-refractivity contribution in [3.05, 3.63) is 53.6 Å². The Balaban J connectivity index is 1.55. The Morgan fingerprint density at radius 2 is 1.82 bits per heavy atom. The fraction of sp³-hybridized carbons (Fsp3) is 0.417. The molecule has 2 saturated heterocycles. The number of anilines is 1. The Kier molecular flexibility index (Phi) is 7.50. The summed E-state index contributed by atoms with van der Waals surface area (Å²) < 4.78 is 38.2. The number of rotatable bonds is 8. The van der Waals surface area contributed by atoms with Crippen molar-refractivity contribution in [1.82, 2.24) is 9.62 Å². The normalized spacial score (nSPS) is 18.6. The van der Waals surface area contributed by atoms with Crippen LogP contribution >= 0.6 is 0 Å². The molecular formula is C24H29N3O6S. The van der Waals surface area contributed by atoms with Crippen molar-refractivity contribution in [2.45, 2.75) is 36.7 Å². The van der Waals surface area contributed by atoms with Gasteiger partial charge in [-0.15, -0.1) is 0 Å². The van der Waals surface area contributed by atoms with Crippen LogP contribution in [-0.4, -0.2) is 64.0 Å². The van der Waals surface area contributed by atoms with Crippen molar-refractivity contribution in [3.63, 3.8) is 0 Å². The summed E-state index contributed by atoms with van der Waals surface area (Å²) in [6, 6.07) is 10.9. The second-order valence-electron chi connectivity index (χ2n) is 8.32. The molecule has 0 radical (unpaired) electrons. The van der Waals surface area contributed by atoms with Crippen LogP contribution < -0.4 is 15.4 Å². The summed E-state index contributed by atoms with van der Waals surface area (Å²) in [5.41, 5.74) is 0.679. The van der Waals surface area contributed by atoms with Gasteiger partial charge in [0.25, 0.3) is 11.8 Å². The van der Waals surface area contributed by atoms with Gasteiger partial charge in [0.1, 0.15) is 5.75 Å². The topological polar surface area (TPSA) is 114 Å². The lowest BCUT2D eigenvalue weighted by Gasteiger charge is -2.17. The molecule has 2 aromatic carbocycles. The van der Waals surface area contributed by atoms with Gasteiger partial charge >= 0.3 is 0 Å². The molecule has 0 spiro atoms. The molecule has 34 heavy (non-hydrogen) atoms. The minimum Gasteiger partial charge on any atom is -0.496 e. The van der Waals surface area contributed by atoms with E-state index in [1.54, 1.807) is 24.3 Å². The Labute approximate surface area is 199 Å². The van der Waals surface area contributed by atoms with Gasteiger partial charge in [-0.25, -0.2) is 8.42 Å². The van der Waals surface area contributed by atoms with Gasteiger partial charge in [0.15, 0.2) is 0 Å². The molecule has 4 rings (SSSR count). The number of hydrogen-bond donors (Lipinski definition) is 2. The van der Waals surface area contributed by atoms with Gasteiger partial charge < -0.3 is 20.1 Å². The predicted molar refractivity (Wildman–Crippen MR) is 127 cm³/mol. The lowest BCUT2D eigenvalue weighted by molar-refractivity contribution is 0.0858. The van der Waals surface area contributed by atoms with Gasteiger partial charge in [0.2, 0.25) is 10.0 Å². The van der Waals surface area contributed by atoms with E-state index < -0.39 is 15.9 Å². The third kappa shape index (κ3) is 5.24. The summed E-state index contributed by atoms with van der Waals surface area (Å²) in [6.07, 6.45) is 3.50. The van der Waals surface area contributed by atoms with E-state index in [0.717, 1.165) is 25.7 Å². The Morgan fingerprint density at radius 1 is 1.06 bits per heavy atom. The van der Waals surface area contributed by atoms with Gasteiger partial charge in [-0.3, -0.25) is 9.59 Å². The second-order valence-corrected chi connectivity index (χ2v) is 10.3. The monoisotopic (exact) mass is 487 g/mol. The molecule has 10 heteroatoms. The lowest BCUT2D eigenvalue weighted by atomic mass is 10.1. The van der Waals surface area contributed by atoms with E-state index in [9.17, 15) is 18.0 Å². The Morgan fingerprint density at radius 3 is 2.53 bits per heavy atom. The zero-order valence-corrected chi connectivity index (χ0v) is 19.9. The summed E-state index contributed by atoms with van der Waals surface area (Å²) in [7, 11) is -2.30. The van der Waals surface area contributed by atoms with Crippen LogP contribution in [0.3, 0.4) is 0 Å². The number of hydrogen-bond acceptors (Lipinski definition) is 6. The standard InChI is InChI=1S/C24H29N3O6S/c1-32-22-11-10-18(34(30,31)27-12-4-5-13-27)15-20(22)24(29)26-21-9-3-2-8-19(21)23(28)25-16-17-7-6-14-33-17/h2-3,8-11,15,17H,4-7,12-14,16H2,1H3,(H,25,28)(H,26,29)/t17-/m0/s1. The quantitative estimate of drug-likeness (QED) is 0.592. The molecule has 2 aliphatic heterocycles. The fourth-order valence-corrected chi connectivity index (χ4v) is 5.73. The summed E-state index contributed by atoms with van der Waals surface area (Å²) in [4.78, 5) is 26.0. The maximum absolute atomic E-state index is 13.2. The van der Waals surface area contributed by atoms with Crippen molar-refractivity contribution in [2.75, 3.05) is 38.7 Å². The molecule has 0 bridgehead atoms. The number of methoxy groups -OCH3 is 1.